The van der Waals surface area contributed by atoms with Gasteiger partial charge < -0.3 is 19.7 Å². The summed E-state index contributed by atoms with van der Waals surface area (Å²) in [5, 5.41) is 28.9. The molecule has 1 aromatic rings. The summed E-state index contributed by atoms with van der Waals surface area (Å²) in [7, 11) is 1.14. The molecule has 12 heteroatoms. The van der Waals surface area contributed by atoms with Gasteiger partial charge in [-0.05, 0) is 0 Å². The standard InChI is InChI=1S/C18H21N3O9/c1-29-16(25)6-5-14(24)21(28)7-3-2-4-11-9-20(18(27)19-17(11)26)15-8-12(23)13(10-22)30-15/h5-6,9,12-13,15,22-23,28H,3,7-8,10H2,1H3,(H,19,26,27)/b6-5+/t12-,13+,15+/m0/s1. The fourth-order valence-electron chi connectivity index (χ4n) is 2.56. The Labute approximate surface area is 169 Å². The molecule has 1 amide bonds. The average molecular weight is 423 g/mol. The van der Waals surface area contributed by atoms with Crippen LogP contribution in [0.4, 0.5) is 0 Å². The van der Waals surface area contributed by atoms with Crippen LogP contribution < -0.4 is 11.2 Å². The molecule has 30 heavy (non-hydrogen) atoms. The molecule has 1 aliphatic heterocycles. The second-order valence-corrected chi connectivity index (χ2v) is 6.19. The van der Waals surface area contributed by atoms with Crippen molar-refractivity contribution in [3.63, 3.8) is 0 Å². The highest BCUT2D eigenvalue weighted by atomic mass is 16.5. The van der Waals surface area contributed by atoms with Gasteiger partial charge in [-0.15, -0.1) is 0 Å². The molecule has 1 saturated heterocycles. The van der Waals surface area contributed by atoms with Crippen LogP contribution in [-0.4, -0.2) is 74.4 Å². The largest absolute Gasteiger partial charge is 0.466 e. The van der Waals surface area contributed by atoms with Crippen LogP contribution in [0.3, 0.4) is 0 Å². The molecule has 162 valence electrons. The normalized spacial score (nSPS) is 20.6. The summed E-state index contributed by atoms with van der Waals surface area (Å²) in [5.41, 5.74) is -1.56. The highest BCUT2D eigenvalue weighted by molar-refractivity contribution is 5.93. The van der Waals surface area contributed by atoms with E-state index >= 15 is 0 Å². The molecular weight excluding hydrogens is 402 g/mol. The lowest BCUT2D eigenvalue weighted by molar-refractivity contribution is -0.159. The molecule has 2 heterocycles. The quantitative estimate of drug-likeness (QED) is 0.131. The summed E-state index contributed by atoms with van der Waals surface area (Å²) in [4.78, 5) is 48.5. The fourth-order valence-corrected chi connectivity index (χ4v) is 2.56. The Morgan fingerprint density at radius 3 is 2.80 bits per heavy atom. The van der Waals surface area contributed by atoms with Crippen molar-refractivity contribution in [3.05, 3.63) is 44.8 Å². The van der Waals surface area contributed by atoms with E-state index in [1.54, 1.807) is 0 Å². The van der Waals surface area contributed by atoms with Crippen molar-refractivity contribution in [1.29, 1.82) is 0 Å². The molecule has 4 N–H and O–H groups in total. The smallest absolute Gasteiger partial charge is 0.330 e. The second-order valence-electron chi connectivity index (χ2n) is 6.19. The van der Waals surface area contributed by atoms with Gasteiger partial charge in [0.05, 0.1) is 26.4 Å². The van der Waals surface area contributed by atoms with E-state index in [9.17, 15) is 29.5 Å². The molecule has 0 spiro atoms. The van der Waals surface area contributed by atoms with E-state index in [0.29, 0.717) is 5.06 Å². The number of methoxy groups -OCH3 is 1. The average Bonchev–Trinajstić information content (AvgIpc) is 3.10. The predicted molar refractivity (Wildman–Crippen MR) is 99.1 cm³/mol. The van der Waals surface area contributed by atoms with Gasteiger partial charge in [0.1, 0.15) is 17.9 Å². The first-order valence-corrected chi connectivity index (χ1v) is 8.82. The molecule has 1 aliphatic rings. The van der Waals surface area contributed by atoms with Crippen LogP contribution >= 0.6 is 0 Å². The lowest BCUT2D eigenvalue weighted by Gasteiger charge is -2.14. The number of hydrogen-bond acceptors (Lipinski definition) is 9. The molecule has 0 bridgehead atoms. The summed E-state index contributed by atoms with van der Waals surface area (Å²) in [6.07, 6.45) is 0.196. The van der Waals surface area contributed by atoms with Gasteiger partial charge in [-0.3, -0.25) is 24.3 Å². The fraction of sp³-hybridized carbons (Fsp3) is 0.444. The summed E-state index contributed by atoms with van der Waals surface area (Å²) in [6.45, 7) is -0.626. The number of hydroxylamine groups is 2. The molecular formula is C18H21N3O9. The lowest BCUT2D eigenvalue weighted by atomic mass is 10.2. The Morgan fingerprint density at radius 1 is 1.43 bits per heavy atom. The van der Waals surface area contributed by atoms with Gasteiger partial charge in [-0.25, -0.2) is 14.7 Å². The maximum atomic E-state index is 12.0. The van der Waals surface area contributed by atoms with E-state index in [0.717, 1.165) is 23.8 Å². The number of nitrogens with zero attached hydrogens (tertiary/aromatic N) is 2. The molecule has 12 nitrogen and oxygen atoms in total. The minimum atomic E-state index is -0.963. The van der Waals surface area contributed by atoms with Crippen molar-refractivity contribution < 1.29 is 34.5 Å². The van der Waals surface area contributed by atoms with E-state index in [-0.39, 0.29) is 24.9 Å². The van der Waals surface area contributed by atoms with Gasteiger partial charge in [0.15, 0.2) is 0 Å². The van der Waals surface area contributed by atoms with Crippen LogP contribution in [0.1, 0.15) is 24.6 Å². The van der Waals surface area contributed by atoms with Gasteiger partial charge in [0.2, 0.25) is 0 Å². The molecule has 0 unspecified atom stereocenters. The Hall–Kier alpha value is -3.24. The Morgan fingerprint density at radius 2 is 2.17 bits per heavy atom. The number of carbonyl (C=O) groups is 2. The summed E-state index contributed by atoms with van der Waals surface area (Å²) in [6, 6.07) is 0. The van der Waals surface area contributed by atoms with Crippen LogP contribution in [0.25, 0.3) is 0 Å². The molecule has 2 rings (SSSR count). The van der Waals surface area contributed by atoms with Gasteiger partial charge >= 0.3 is 11.7 Å². The number of esters is 1. The second kappa shape index (κ2) is 10.5. The maximum Gasteiger partial charge on any atom is 0.330 e. The summed E-state index contributed by atoms with van der Waals surface area (Å²) in [5.74, 6) is 3.51. The van der Waals surface area contributed by atoms with Crippen molar-refractivity contribution >= 4 is 11.9 Å². The lowest BCUT2D eigenvalue weighted by Crippen LogP contribution is -2.33. The van der Waals surface area contributed by atoms with E-state index in [4.69, 9.17) is 9.84 Å². The Bertz CT molecular complexity index is 985. The zero-order valence-electron chi connectivity index (χ0n) is 16.0. The highest BCUT2D eigenvalue weighted by Gasteiger charge is 2.35. The number of ether oxygens (including phenoxy) is 2. The molecule has 0 radical (unpaired) electrons. The van der Waals surface area contributed by atoms with Crippen molar-refractivity contribution in [1.82, 2.24) is 14.6 Å². The molecule has 0 aliphatic carbocycles. The Balaban J connectivity index is 2.04. The number of rotatable bonds is 6. The number of nitrogens with one attached hydrogen (secondary N) is 1. The number of aromatic amines is 1. The minimum absolute atomic E-state index is 0.0158. The zero-order chi connectivity index (χ0) is 22.3. The van der Waals surface area contributed by atoms with Crippen LogP contribution in [0, 0.1) is 11.8 Å². The van der Waals surface area contributed by atoms with Crippen LogP contribution in [-0.2, 0) is 19.1 Å². The number of carbonyl (C=O) groups excluding carboxylic acids is 2. The van der Waals surface area contributed by atoms with E-state index in [2.05, 4.69) is 21.6 Å². The third-order valence-corrected chi connectivity index (χ3v) is 4.15. The van der Waals surface area contributed by atoms with Crippen LogP contribution in [0.2, 0.25) is 0 Å². The topological polar surface area (TPSA) is 171 Å². The predicted octanol–water partition coefficient (Wildman–Crippen LogP) is -2.13. The number of H-pyrrole nitrogens is 1. The number of amides is 1. The van der Waals surface area contributed by atoms with Crippen molar-refractivity contribution in [2.24, 2.45) is 0 Å². The molecule has 1 aromatic heterocycles. The zero-order valence-corrected chi connectivity index (χ0v) is 16.0. The van der Waals surface area contributed by atoms with Crippen LogP contribution in [0.5, 0.6) is 0 Å². The molecule has 1 fully saturated rings. The van der Waals surface area contributed by atoms with Gasteiger partial charge in [-0.1, -0.05) is 11.8 Å². The first-order valence-electron chi connectivity index (χ1n) is 8.82. The van der Waals surface area contributed by atoms with E-state index in [1.165, 1.54) is 6.20 Å². The SMILES string of the molecule is COC(=O)/C=C/C(=O)N(O)CCC#Cc1cn([C@H]2C[C@H](O)[C@@H](CO)O2)c(=O)[nH]c1=O. The first kappa shape index (κ1) is 23.0. The van der Waals surface area contributed by atoms with E-state index < -0.39 is 48.2 Å². The van der Waals surface area contributed by atoms with Gasteiger partial charge in [-0.2, -0.15) is 0 Å². The first-order chi connectivity index (χ1) is 14.3. The third kappa shape index (κ3) is 5.88. The van der Waals surface area contributed by atoms with Gasteiger partial charge in [0.25, 0.3) is 11.5 Å². The number of aliphatic hydroxyl groups excluding tert-OH is 2. The van der Waals surface area contributed by atoms with E-state index in [1.807, 2.05) is 0 Å². The van der Waals surface area contributed by atoms with Crippen molar-refractivity contribution in [3.8, 4) is 11.8 Å². The van der Waals surface area contributed by atoms with Crippen molar-refractivity contribution in [2.75, 3.05) is 20.3 Å². The maximum absolute atomic E-state index is 12.0. The van der Waals surface area contributed by atoms with Crippen molar-refractivity contribution in [2.45, 2.75) is 31.3 Å². The highest BCUT2D eigenvalue weighted by Crippen LogP contribution is 2.27. The summed E-state index contributed by atoms with van der Waals surface area (Å²) < 4.78 is 10.8. The van der Waals surface area contributed by atoms with Crippen LogP contribution in [0.15, 0.2) is 27.9 Å². The summed E-state index contributed by atoms with van der Waals surface area (Å²) >= 11 is 0. The minimum Gasteiger partial charge on any atom is -0.466 e. The molecule has 3 atom stereocenters. The van der Waals surface area contributed by atoms with Gasteiger partial charge in [0, 0.05) is 31.2 Å². The number of aliphatic hydroxyl groups is 2. The number of aromatic nitrogens is 2. The monoisotopic (exact) mass is 423 g/mol. The molecule has 0 saturated carbocycles. The molecule has 0 aromatic carbocycles. The third-order valence-electron chi connectivity index (χ3n) is 4.15. The Kier molecular flexibility index (Phi) is 8.07. The number of hydrogen-bond donors (Lipinski definition) is 4.